The van der Waals surface area contributed by atoms with Gasteiger partial charge >= 0.3 is 0 Å². The summed E-state index contributed by atoms with van der Waals surface area (Å²) in [5.41, 5.74) is 7.09. The second kappa shape index (κ2) is 8.31. The van der Waals surface area contributed by atoms with Crippen molar-refractivity contribution in [3.8, 4) is 11.3 Å². The monoisotopic (exact) mass is 417 g/mol. The van der Waals surface area contributed by atoms with E-state index in [1.54, 1.807) is 7.11 Å². The van der Waals surface area contributed by atoms with E-state index >= 15 is 0 Å². The molecule has 1 unspecified atom stereocenters. The van der Waals surface area contributed by atoms with Crippen molar-refractivity contribution in [2.45, 2.75) is 45.6 Å². The number of carbonyl (C=O) groups is 1. The molecule has 0 saturated heterocycles. The zero-order chi connectivity index (χ0) is 22.2. The molecule has 1 aliphatic rings. The third kappa shape index (κ3) is 4.02. The van der Waals surface area contributed by atoms with Gasteiger partial charge in [-0.1, -0.05) is 74.9 Å². The summed E-state index contributed by atoms with van der Waals surface area (Å²) in [4.78, 5) is 15.3. The van der Waals surface area contributed by atoms with Crippen molar-refractivity contribution in [1.29, 1.82) is 0 Å². The van der Waals surface area contributed by atoms with Gasteiger partial charge in [-0.2, -0.15) is 5.10 Å². The molecule has 0 bridgehead atoms. The zero-order valence-electron chi connectivity index (χ0n) is 19.0. The maximum absolute atomic E-state index is 13.3. The van der Waals surface area contributed by atoms with Crippen LogP contribution in [-0.2, 0) is 10.2 Å². The van der Waals surface area contributed by atoms with Gasteiger partial charge in [-0.15, -0.1) is 0 Å². The molecule has 0 spiro atoms. The van der Waals surface area contributed by atoms with E-state index in [0.717, 1.165) is 28.8 Å². The normalized spacial score (nSPS) is 16.1. The van der Waals surface area contributed by atoms with Gasteiger partial charge < -0.3 is 9.64 Å². The fourth-order valence-corrected chi connectivity index (χ4v) is 4.25. The number of aryl methyl sites for hydroxylation is 1. The lowest BCUT2D eigenvalue weighted by Crippen LogP contribution is -2.31. The number of methoxy groups -OCH3 is 1. The van der Waals surface area contributed by atoms with Crippen LogP contribution >= 0.6 is 0 Å². The Labute approximate surface area is 184 Å². The smallest absolute Gasteiger partial charge is 0.273 e. The van der Waals surface area contributed by atoms with Crippen molar-refractivity contribution in [2.24, 2.45) is 0 Å². The lowest BCUT2D eigenvalue weighted by Gasteiger charge is -2.27. The van der Waals surface area contributed by atoms with Gasteiger partial charge in [-0.25, -0.2) is 0 Å². The van der Waals surface area contributed by atoms with Crippen LogP contribution in [0.3, 0.4) is 0 Å². The molecule has 1 N–H and O–H groups in total. The fourth-order valence-electron chi connectivity index (χ4n) is 4.25. The number of benzene rings is 2. The van der Waals surface area contributed by atoms with Gasteiger partial charge in [0.25, 0.3) is 5.91 Å². The van der Waals surface area contributed by atoms with Gasteiger partial charge in [0.2, 0.25) is 0 Å². The van der Waals surface area contributed by atoms with Crippen LogP contribution in [0.15, 0.2) is 48.5 Å². The van der Waals surface area contributed by atoms with E-state index in [4.69, 9.17) is 4.74 Å². The van der Waals surface area contributed by atoms with E-state index in [2.05, 4.69) is 86.4 Å². The molecular formula is C26H31N3O2. The molecule has 5 nitrogen and oxygen atoms in total. The summed E-state index contributed by atoms with van der Waals surface area (Å²) in [5, 5.41) is 7.59. The number of nitrogens with one attached hydrogen (secondary N) is 1. The molecule has 162 valence electrons. The largest absolute Gasteiger partial charge is 0.385 e. The molecule has 31 heavy (non-hydrogen) atoms. The first kappa shape index (κ1) is 21.3. The summed E-state index contributed by atoms with van der Waals surface area (Å²) < 4.78 is 5.24. The molecule has 5 heteroatoms. The fraction of sp³-hybridized carbons (Fsp3) is 0.385. The number of nitrogens with zero attached hydrogens (tertiary/aromatic N) is 2. The number of amides is 1. The second-order valence-electron chi connectivity index (χ2n) is 9.35. The Bertz CT molecular complexity index is 1060. The number of H-pyrrole nitrogens is 1. The molecule has 1 aromatic heterocycles. The van der Waals surface area contributed by atoms with E-state index in [0.29, 0.717) is 18.8 Å². The Balaban J connectivity index is 1.79. The Kier molecular flexibility index (Phi) is 5.71. The summed E-state index contributed by atoms with van der Waals surface area (Å²) in [6.45, 7) is 9.95. The highest BCUT2D eigenvalue weighted by Gasteiger charge is 2.41. The summed E-state index contributed by atoms with van der Waals surface area (Å²) in [6.07, 6.45) is 0.788. The third-order valence-corrected chi connectivity index (χ3v) is 6.03. The highest BCUT2D eigenvalue weighted by Crippen LogP contribution is 2.43. The van der Waals surface area contributed by atoms with Gasteiger partial charge in [0.05, 0.1) is 11.7 Å². The molecule has 3 aromatic rings. The first-order chi connectivity index (χ1) is 14.8. The van der Waals surface area contributed by atoms with Crippen molar-refractivity contribution in [1.82, 2.24) is 15.1 Å². The summed E-state index contributed by atoms with van der Waals surface area (Å²) >= 11 is 0. The van der Waals surface area contributed by atoms with Gasteiger partial charge in [0.15, 0.2) is 0 Å². The van der Waals surface area contributed by atoms with Crippen LogP contribution in [0.1, 0.15) is 66.0 Å². The molecule has 1 aliphatic heterocycles. The number of fused-ring (bicyclic) bond motifs is 1. The van der Waals surface area contributed by atoms with E-state index in [-0.39, 0.29) is 17.4 Å². The minimum Gasteiger partial charge on any atom is -0.385 e. The lowest BCUT2D eigenvalue weighted by atomic mass is 9.85. The molecule has 1 atom stereocenters. The van der Waals surface area contributed by atoms with Crippen LogP contribution in [0, 0.1) is 6.92 Å². The van der Waals surface area contributed by atoms with Crippen molar-refractivity contribution < 1.29 is 9.53 Å². The van der Waals surface area contributed by atoms with Crippen LogP contribution in [0.4, 0.5) is 0 Å². The van der Waals surface area contributed by atoms with Crippen LogP contribution in [0.5, 0.6) is 0 Å². The topological polar surface area (TPSA) is 58.2 Å². The number of hydrogen-bond donors (Lipinski definition) is 1. The minimum absolute atomic E-state index is 0.00172. The average Bonchev–Trinajstić information content (AvgIpc) is 3.28. The van der Waals surface area contributed by atoms with Crippen molar-refractivity contribution in [3.63, 3.8) is 0 Å². The number of carbonyl (C=O) groups excluding carboxylic acids is 1. The molecule has 0 aliphatic carbocycles. The minimum atomic E-state index is -0.163. The molecule has 0 fully saturated rings. The molecule has 2 aromatic carbocycles. The van der Waals surface area contributed by atoms with Crippen LogP contribution in [0.25, 0.3) is 11.3 Å². The quantitative estimate of drug-likeness (QED) is 0.556. The highest BCUT2D eigenvalue weighted by molar-refractivity contribution is 6.00. The number of aromatic amines is 1. The van der Waals surface area contributed by atoms with Gasteiger partial charge in [0.1, 0.15) is 5.69 Å². The SMILES string of the molecule is COCCCN1C(=O)c2[nH]nc(-c3ccc(C)cc3)c2C1c1ccc(C(C)(C)C)cc1. The van der Waals surface area contributed by atoms with Crippen LogP contribution < -0.4 is 0 Å². The molecule has 4 rings (SSSR count). The molecule has 0 saturated carbocycles. The Morgan fingerprint density at radius 2 is 1.74 bits per heavy atom. The predicted molar refractivity (Wildman–Crippen MR) is 123 cm³/mol. The molecule has 1 amide bonds. The number of hydrogen-bond acceptors (Lipinski definition) is 3. The highest BCUT2D eigenvalue weighted by atomic mass is 16.5. The van der Waals surface area contributed by atoms with E-state index in [1.165, 1.54) is 11.1 Å². The Morgan fingerprint density at radius 1 is 1.06 bits per heavy atom. The lowest BCUT2D eigenvalue weighted by molar-refractivity contribution is 0.0723. The summed E-state index contributed by atoms with van der Waals surface area (Å²) in [5.74, 6) is 0.00172. The number of ether oxygens (including phenoxy) is 1. The van der Waals surface area contributed by atoms with E-state index < -0.39 is 0 Å². The van der Waals surface area contributed by atoms with Gasteiger partial charge in [-0.3, -0.25) is 9.89 Å². The average molecular weight is 418 g/mol. The van der Waals surface area contributed by atoms with E-state index in [1.807, 2.05) is 4.90 Å². The van der Waals surface area contributed by atoms with Crippen molar-refractivity contribution in [3.05, 3.63) is 76.5 Å². The molecule has 2 heterocycles. The van der Waals surface area contributed by atoms with Crippen molar-refractivity contribution in [2.75, 3.05) is 20.3 Å². The zero-order valence-corrected chi connectivity index (χ0v) is 19.0. The van der Waals surface area contributed by atoms with Gasteiger partial charge in [-0.05, 0) is 29.9 Å². The maximum atomic E-state index is 13.3. The first-order valence-corrected chi connectivity index (χ1v) is 10.9. The molecular weight excluding hydrogens is 386 g/mol. The van der Waals surface area contributed by atoms with Gasteiger partial charge in [0, 0.05) is 31.4 Å². The second-order valence-corrected chi connectivity index (χ2v) is 9.35. The van der Waals surface area contributed by atoms with Crippen molar-refractivity contribution >= 4 is 5.91 Å². The number of aromatic nitrogens is 2. The van der Waals surface area contributed by atoms with Crippen LogP contribution in [-0.4, -0.2) is 41.3 Å². The van der Waals surface area contributed by atoms with Crippen LogP contribution in [0.2, 0.25) is 0 Å². The summed E-state index contributed by atoms with van der Waals surface area (Å²) in [7, 11) is 1.69. The predicted octanol–water partition coefficient (Wildman–Crippen LogP) is 5.26. The third-order valence-electron chi connectivity index (χ3n) is 6.03. The standard InChI is InChI=1S/C26H31N3O2/c1-17-7-9-18(10-8-17)22-21-23(28-27-22)25(30)29(15-6-16-31-5)24(21)19-11-13-20(14-12-19)26(2,3)4/h7-14,24H,6,15-16H2,1-5H3,(H,27,28). The van der Waals surface area contributed by atoms with E-state index in [9.17, 15) is 4.79 Å². The number of rotatable bonds is 6. The first-order valence-electron chi connectivity index (χ1n) is 10.9. The maximum Gasteiger partial charge on any atom is 0.273 e. The Hall–Kier alpha value is -2.92. The Morgan fingerprint density at radius 3 is 2.35 bits per heavy atom. The summed E-state index contributed by atoms with van der Waals surface area (Å²) in [6, 6.07) is 16.8. The molecule has 0 radical (unpaired) electrons.